The van der Waals surface area contributed by atoms with Crippen LogP contribution in [0.4, 0.5) is 4.79 Å². The van der Waals surface area contributed by atoms with E-state index < -0.39 is 5.60 Å². The summed E-state index contributed by atoms with van der Waals surface area (Å²) in [6, 6.07) is 0.513. The van der Waals surface area contributed by atoms with Gasteiger partial charge < -0.3 is 20.7 Å². The summed E-state index contributed by atoms with van der Waals surface area (Å²) in [5.41, 5.74) is 5.25. The van der Waals surface area contributed by atoms with Crippen LogP contribution in [0.3, 0.4) is 0 Å². The molecule has 1 rings (SSSR count). The number of rotatable bonds is 4. The van der Waals surface area contributed by atoms with Crippen molar-refractivity contribution in [3.05, 3.63) is 0 Å². The van der Waals surface area contributed by atoms with Gasteiger partial charge in [0.1, 0.15) is 5.60 Å². The van der Waals surface area contributed by atoms with Crippen LogP contribution in [-0.2, 0) is 4.74 Å². The highest BCUT2D eigenvalue weighted by Gasteiger charge is 2.25. The Morgan fingerprint density at radius 1 is 1.56 bits per heavy atom. The van der Waals surface area contributed by atoms with Crippen LogP contribution in [0.15, 0.2) is 0 Å². The van der Waals surface area contributed by atoms with Crippen molar-refractivity contribution in [1.82, 2.24) is 10.2 Å². The maximum Gasteiger partial charge on any atom is 0.407 e. The third-order valence-electron chi connectivity index (χ3n) is 3.23. The van der Waals surface area contributed by atoms with Gasteiger partial charge in [-0.1, -0.05) is 0 Å². The zero-order chi connectivity index (χ0) is 13.8. The predicted molar refractivity (Wildman–Crippen MR) is 72.5 cm³/mol. The number of nitrogens with one attached hydrogen (secondary N) is 1. The first kappa shape index (κ1) is 15.2. The number of alkyl carbamates (subject to hydrolysis) is 1. The molecule has 0 aromatic rings. The highest BCUT2D eigenvalue weighted by Crippen LogP contribution is 2.19. The van der Waals surface area contributed by atoms with Gasteiger partial charge in [-0.3, -0.25) is 0 Å². The molecule has 0 bridgehead atoms. The average molecular weight is 257 g/mol. The lowest BCUT2D eigenvalue weighted by Crippen LogP contribution is -2.45. The molecule has 1 amide bonds. The van der Waals surface area contributed by atoms with Crippen molar-refractivity contribution in [1.29, 1.82) is 0 Å². The van der Waals surface area contributed by atoms with Gasteiger partial charge in [-0.15, -0.1) is 0 Å². The number of carbonyl (C=O) groups excluding carboxylic acids is 1. The van der Waals surface area contributed by atoms with Gasteiger partial charge in [-0.05, 0) is 53.6 Å². The van der Waals surface area contributed by atoms with Crippen LogP contribution in [0.25, 0.3) is 0 Å². The molecule has 0 aromatic carbocycles. The minimum Gasteiger partial charge on any atom is -0.444 e. The van der Waals surface area contributed by atoms with Gasteiger partial charge in [0.2, 0.25) is 0 Å². The normalized spacial score (nSPS) is 22.8. The van der Waals surface area contributed by atoms with E-state index in [0.717, 1.165) is 13.0 Å². The van der Waals surface area contributed by atoms with Crippen molar-refractivity contribution in [3.63, 3.8) is 0 Å². The van der Waals surface area contributed by atoms with E-state index in [0.29, 0.717) is 12.6 Å². The number of nitrogens with zero attached hydrogens (tertiary/aromatic N) is 1. The van der Waals surface area contributed by atoms with Gasteiger partial charge in [-0.2, -0.15) is 0 Å². The summed E-state index contributed by atoms with van der Waals surface area (Å²) in [6.07, 6.45) is 2.93. The van der Waals surface area contributed by atoms with E-state index >= 15 is 0 Å². The highest BCUT2D eigenvalue weighted by molar-refractivity contribution is 5.68. The van der Waals surface area contributed by atoms with Gasteiger partial charge in [0, 0.05) is 18.6 Å². The van der Waals surface area contributed by atoms with Crippen LogP contribution in [0.2, 0.25) is 0 Å². The van der Waals surface area contributed by atoms with Gasteiger partial charge >= 0.3 is 6.09 Å². The molecule has 18 heavy (non-hydrogen) atoms. The Labute approximate surface area is 110 Å². The van der Waals surface area contributed by atoms with Crippen LogP contribution in [-0.4, -0.2) is 48.8 Å². The molecule has 1 aliphatic heterocycles. The lowest BCUT2D eigenvalue weighted by Gasteiger charge is -2.26. The topological polar surface area (TPSA) is 67.6 Å². The molecule has 106 valence electrons. The van der Waals surface area contributed by atoms with Crippen LogP contribution < -0.4 is 11.1 Å². The first-order valence-corrected chi connectivity index (χ1v) is 6.71. The molecule has 3 N–H and O–H groups in total. The Kier molecular flexibility index (Phi) is 5.41. The van der Waals surface area contributed by atoms with Crippen LogP contribution >= 0.6 is 0 Å². The van der Waals surface area contributed by atoms with Crippen LogP contribution in [0.1, 0.15) is 40.0 Å². The number of nitrogens with two attached hydrogens (primary N) is 1. The molecule has 1 heterocycles. The first-order valence-electron chi connectivity index (χ1n) is 6.71. The number of carbonyl (C=O) groups is 1. The Morgan fingerprint density at radius 2 is 2.22 bits per heavy atom. The summed E-state index contributed by atoms with van der Waals surface area (Å²) < 4.78 is 5.24. The molecule has 2 unspecified atom stereocenters. The number of hydrogen-bond donors (Lipinski definition) is 2. The third-order valence-corrected chi connectivity index (χ3v) is 3.23. The standard InChI is InChI=1S/C13H27N3O2/c1-13(2,3)18-12(17)15-10(9-14)8-11-6-5-7-16(11)4/h10-11H,5-9,14H2,1-4H3,(H,15,17). The van der Waals surface area contributed by atoms with Crippen LogP contribution in [0, 0.1) is 0 Å². The summed E-state index contributed by atoms with van der Waals surface area (Å²) >= 11 is 0. The molecule has 1 fully saturated rings. The number of amides is 1. The van der Waals surface area contributed by atoms with E-state index in [4.69, 9.17) is 10.5 Å². The fraction of sp³-hybridized carbons (Fsp3) is 0.923. The second-order valence-electron chi connectivity index (χ2n) is 6.09. The fourth-order valence-corrected chi connectivity index (χ4v) is 2.29. The molecule has 0 radical (unpaired) electrons. The zero-order valence-corrected chi connectivity index (χ0v) is 12.0. The van der Waals surface area contributed by atoms with E-state index in [9.17, 15) is 4.79 Å². The summed E-state index contributed by atoms with van der Waals surface area (Å²) in [5, 5.41) is 2.86. The molecule has 0 spiro atoms. The van der Waals surface area contributed by atoms with Crippen molar-refractivity contribution in [3.8, 4) is 0 Å². The van der Waals surface area contributed by atoms with E-state index in [1.807, 2.05) is 20.8 Å². The molecule has 0 aliphatic carbocycles. The van der Waals surface area contributed by atoms with E-state index in [-0.39, 0.29) is 12.1 Å². The maximum absolute atomic E-state index is 11.7. The Hall–Kier alpha value is -0.810. The number of hydrogen-bond acceptors (Lipinski definition) is 4. The van der Waals surface area contributed by atoms with Crippen molar-refractivity contribution in [2.24, 2.45) is 5.73 Å². The molecule has 1 saturated heterocycles. The van der Waals surface area contributed by atoms with E-state index in [1.54, 1.807) is 0 Å². The van der Waals surface area contributed by atoms with E-state index in [1.165, 1.54) is 12.8 Å². The van der Waals surface area contributed by atoms with Crippen molar-refractivity contribution >= 4 is 6.09 Å². The summed E-state index contributed by atoms with van der Waals surface area (Å²) in [7, 11) is 2.12. The lowest BCUT2D eigenvalue weighted by atomic mass is 10.1. The smallest absolute Gasteiger partial charge is 0.407 e. The summed E-state index contributed by atoms with van der Waals surface area (Å²) in [4.78, 5) is 14.0. The molecule has 0 aromatic heterocycles. The zero-order valence-electron chi connectivity index (χ0n) is 12.0. The van der Waals surface area contributed by atoms with Gasteiger partial charge in [0.25, 0.3) is 0 Å². The molecule has 5 heteroatoms. The fourth-order valence-electron chi connectivity index (χ4n) is 2.29. The van der Waals surface area contributed by atoms with Crippen molar-refractivity contribution in [2.75, 3.05) is 20.1 Å². The Morgan fingerprint density at radius 3 is 2.67 bits per heavy atom. The SMILES string of the molecule is CN1CCCC1CC(CN)NC(=O)OC(C)(C)C. The monoisotopic (exact) mass is 257 g/mol. The third kappa shape index (κ3) is 5.23. The number of ether oxygens (including phenoxy) is 1. The second-order valence-corrected chi connectivity index (χ2v) is 6.09. The number of likely N-dealkylation sites (tertiary alicyclic amines) is 1. The van der Waals surface area contributed by atoms with Crippen LogP contribution in [0.5, 0.6) is 0 Å². The second kappa shape index (κ2) is 6.38. The Bertz CT molecular complexity index is 276. The summed E-state index contributed by atoms with van der Waals surface area (Å²) in [6.45, 7) is 7.15. The minimum absolute atomic E-state index is 0.00889. The van der Waals surface area contributed by atoms with Crippen molar-refractivity contribution in [2.45, 2.75) is 57.7 Å². The van der Waals surface area contributed by atoms with Gasteiger partial charge in [0.05, 0.1) is 0 Å². The maximum atomic E-state index is 11.7. The lowest BCUT2D eigenvalue weighted by molar-refractivity contribution is 0.0497. The molecule has 1 aliphatic rings. The summed E-state index contributed by atoms with van der Waals surface area (Å²) in [5.74, 6) is 0. The first-order chi connectivity index (χ1) is 8.31. The molecular weight excluding hydrogens is 230 g/mol. The molecule has 0 saturated carbocycles. The molecule has 2 atom stereocenters. The molecule has 5 nitrogen and oxygen atoms in total. The van der Waals surface area contributed by atoms with Gasteiger partial charge in [-0.25, -0.2) is 4.79 Å². The minimum atomic E-state index is -0.465. The van der Waals surface area contributed by atoms with E-state index in [2.05, 4.69) is 17.3 Å². The predicted octanol–water partition coefficient (Wildman–Crippen LogP) is 1.32. The quantitative estimate of drug-likeness (QED) is 0.797. The average Bonchev–Trinajstić information content (AvgIpc) is 2.60. The molecular formula is C13H27N3O2. The largest absolute Gasteiger partial charge is 0.444 e. The van der Waals surface area contributed by atoms with Crippen molar-refractivity contribution < 1.29 is 9.53 Å². The Balaban J connectivity index is 2.39. The van der Waals surface area contributed by atoms with Gasteiger partial charge in [0.15, 0.2) is 0 Å². The highest BCUT2D eigenvalue weighted by atomic mass is 16.6.